The number of aromatic nitrogens is 4. The molecule has 0 radical (unpaired) electrons. The molecule has 1 aliphatic heterocycles. The van der Waals surface area contributed by atoms with E-state index < -0.39 is 0 Å². The molecule has 0 bridgehead atoms. The Hall–Kier alpha value is -3.40. The highest BCUT2D eigenvalue weighted by Gasteiger charge is 2.25. The molecule has 2 aromatic heterocycles. The molecule has 178 valence electrons. The average Bonchev–Trinajstić information content (AvgIpc) is 2.85. The molecule has 9 nitrogen and oxygen atoms in total. The number of anilines is 3. The Morgan fingerprint density at radius 3 is 2.34 bits per heavy atom. The molecule has 3 N–H and O–H groups in total. The summed E-state index contributed by atoms with van der Waals surface area (Å²) < 4.78 is 0. The number of amides is 2. The zero-order valence-electron chi connectivity index (χ0n) is 18.3. The highest BCUT2D eigenvalue weighted by molar-refractivity contribution is 6.36. The van der Waals surface area contributed by atoms with Crippen molar-refractivity contribution in [2.75, 3.05) is 42.1 Å². The van der Waals surface area contributed by atoms with Gasteiger partial charge >= 0.3 is 6.03 Å². The van der Waals surface area contributed by atoms with E-state index in [-0.39, 0.29) is 12.0 Å². The first kappa shape index (κ1) is 23.3. The summed E-state index contributed by atoms with van der Waals surface area (Å²) >= 11 is 18.3. The Kier molecular flexibility index (Phi) is 6.46. The lowest BCUT2D eigenvalue weighted by Gasteiger charge is -2.35. The fraction of sp³-hybridized carbons (Fsp3) is 0.174. The van der Waals surface area contributed by atoms with Crippen molar-refractivity contribution in [3.05, 3.63) is 63.7 Å². The third-order valence-corrected chi connectivity index (χ3v) is 6.37. The molecule has 2 aromatic carbocycles. The van der Waals surface area contributed by atoms with Crippen LogP contribution >= 0.6 is 34.8 Å². The molecular formula is C23H19Cl3N8O. The predicted molar refractivity (Wildman–Crippen MR) is 139 cm³/mol. The number of rotatable bonds is 3. The number of carbonyl (C=O) groups is 1. The molecule has 0 spiro atoms. The van der Waals surface area contributed by atoms with Crippen molar-refractivity contribution in [2.24, 2.45) is 0 Å². The average molecular weight is 530 g/mol. The summed E-state index contributed by atoms with van der Waals surface area (Å²) in [5.74, 6) is 0.659. The lowest BCUT2D eigenvalue weighted by Crippen LogP contribution is -2.50. The van der Waals surface area contributed by atoms with Gasteiger partial charge < -0.3 is 20.9 Å². The molecule has 0 saturated carbocycles. The summed E-state index contributed by atoms with van der Waals surface area (Å²) in [5.41, 5.74) is 8.77. The molecule has 1 aliphatic rings. The lowest BCUT2D eigenvalue weighted by molar-refractivity contribution is 0.208. The SMILES string of the molecule is Nc1nc(N2CCN(C(=O)Nc3ccc(Cl)cc3)CC2)c2nc(-c3ccc(Cl)cc3Cl)cnc2n1. The molecule has 1 saturated heterocycles. The monoisotopic (exact) mass is 528 g/mol. The summed E-state index contributed by atoms with van der Waals surface area (Å²) in [7, 11) is 0. The molecular weight excluding hydrogens is 511 g/mol. The minimum atomic E-state index is -0.182. The third-order valence-electron chi connectivity index (χ3n) is 5.57. The minimum Gasteiger partial charge on any atom is -0.368 e. The number of nitrogens with two attached hydrogens (primary N) is 1. The Labute approximate surface area is 215 Å². The molecule has 0 atom stereocenters. The van der Waals surface area contributed by atoms with Gasteiger partial charge in [0.15, 0.2) is 17.0 Å². The number of nitrogens with zero attached hydrogens (tertiary/aromatic N) is 6. The molecule has 2 amide bonds. The fourth-order valence-corrected chi connectivity index (χ4v) is 4.45. The van der Waals surface area contributed by atoms with Crippen molar-refractivity contribution >= 4 is 69.5 Å². The van der Waals surface area contributed by atoms with Crippen LogP contribution in [-0.2, 0) is 0 Å². The first-order chi connectivity index (χ1) is 16.9. The van der Waals surface area contributed by atoms with Gasteiger partial charge in [0.05, 0.1) is 16.9 Å². The van der Waals surface area contributed by atoms with Crippen molar-refractivity contribution in [2.45, 2.75) is 0 Å². The topological polar surface area (TPSA) is 113 Å². The number of carbonyl (C=O) groups excluding carboxylic acids is 1. The maximum absolute atomic E-state index is 12.7. The molecule has 5 rings (SSSR count). The van der Waals surface area contributed by atoms with Crippen LogP contribution in [-0.4, -0.2) is 57.0 Å². The molecule has 12 heteroatoms. The first-order valence-electron chi connectivity index (χ1n) is 10.7. The Morgan fingerprint density at radius 1 is 0.914 bits per heavy atom. The minimum absolute atomic E-state index is 0.0991. The smallest absolute Gasteiger partial charge is 0.321 e. The van der Waals surface area contributed by atoms with E-state index >= 15 is 0 Å². The van der Waals surface area contributed by atoms with Gasteiger partial charge in [-0.1, -0.05) is 34.8 Å². The van der Waals surface area contributed by atoms with E-state index in [0.717, 1.165) is 0 Å². The van der Waals surface area contributed by atoms with Crippen LogP contribution in [0.1, 0.15) is 0 Å². The van der Waals surface area contributed by atoms with Gasteiger partial charge in [0.1, 0.15) is 0 Å². The van der Waals surface area contributed by atoms with Crippen LogP contribution in [0.25, 0.3) is 22.4 Å². The van der Waals surface area contributed by atoms with Gasteiger partial charge in [-0.15, -0.1) is 0 Å². The summed E-state index contributed by atoms with van der Waals surface area (Å²) in [6.45, 7) is 2.04. The van der Waals surface area contributed by atoms with Crippen molar-refractivity contribution in [1.29, 1.82) is 0 Å². The predicted octanol–water partition coefficient (Wildman–Crippen LogP) is 4.98. The van der Waals surface area contributed by atoms with Crippen LogP contribution in [0.2, 0.25) is 15.1 Å². The number of nitrogen functional groups attached to an aromatic ring is 1. The van der Waals surface area contributed by atoms with E-state index in [1.54, 1.807) is 53.6 Å². The lowest BCUT2D eigenvalue weighted by atomic mass is 10.1. The molecule has 0 aliphatic carbocycles. The third kappa shape index (κ3) is 5.02. The summed E-state index contributed by atoms with van der Waals surface area (Å²) in [6, 6.07) is 12.0. The summed E-state index contributed by atoms with van der Waals surface area (Å²) in [6.07, 6.45) is 1.59. The normalized spacial score (nSPS) is 13.8. The van der Waals surface area contributed by atoms with Gasteiger partial charge in [0.2, 0.25) is 5.95 Å². The number of halogens is 3. The van der Waals surface area contributed by atoms with Crippen molar-refractivity contribution in [3.8, 4) is 11.3 Å². The molecule has 1 fully saturated rings. The number of fused-ring (bicyclic) bond motifs is 1. The van der Waals surface area contributed by atoms with Crippen LogP contribution in [0.3, 0.4) is 0 Å². The highest BCUT2D eigenvalue weighted by atomic mass is 35.5. The molecule has 35 heavy (non-hydrogen) atoms. The maximum atomic E-state index is 12.7. The molecule has 0 unspecified atom stereocenters. The van der Waals surface area contributed by atoms with E-state index in [1.807, 2.05) is 4.90 Å². The second-order valence-electron chi connectivity index (χ2n) is 7.87. The van der Waals surface area contributed by atoms with Crippen LogP contribution in [0, 0.1) is 0 Å². The van der Waals surface area contributed by atoms with Crippen LogP contribution in [0.15, 0.2) is 48.7 Å². The molecule has 4 aromatic rings. The van der Waals surface area contributed by atoms with Gasteiger partial charge in [-0.2, -0.15) is 9.97 Å². The van der Waals surface area contributed by atoms with Gasteiger partial charge in [0.25, 0.3) is 0 Å². The second kappa shape index (κ2) is 9.69. The van der Waals surface area contributed by atoms with Crippen LogP contribution < -0.4 is 16.0 Å². The zero-order valence-corrected chi connectivity index (χ0v) is 20.5. The highest BCUT2D eigenvalue weighted by Crippen LogP contribution is 2.31. The molecule has 3 heterocycles. The van der Waals surface area contributed by atoms with Crippen molar-refractivity contribution < 1.29 is 4.79 Å². The summed E-state index contributed by atoms with van der Waals surface area (Å²) in [4.78, 5) is 34.3. The maximum Gasteiger partial charge on any atom is 0.321 e. The van der Waals surface area contributed by atoms with E-state index in [0.29, 0.717) is 75.2 Å². The van der Waals surface area contributed by atoms with Gasteiger partial charge in [-0.05, 0) is 42.5 Å². The number of hydrogen-bond donors (Lipinski definition) is 2. The summed E-state index contributed by atoms with van der Waals surface area (Å²) in [5, 5.41) is 4.49. The quantitative estimate of drug-likeness (QED) is 0.385. The number of piperazine rings is 1. The number of benzene rings is 2. The van der Waals surface area contributed by atoms with Crippen molar-refractivity contribution in [3.63, 3.8) is 0 Å². The second-order valence-corrected chi connectivity index (χ2v) is 9.15. The number of hydrogen-bond acceptors (Lipinski definition) is 7. The fourth-order valence-electron chi connectivity index (χ4n) is 3.81. The van der Waals surface area contributed by atoms with E-state index in [1.165, 1.54) is 0 Å². The van der Waals surface area contributed by atoms with Gasteiger partial charge in [-0.25, -0.2) is 14.8 Å². The Morgan fingerprint density at radius 2 is 1.63 bits per heavy atom. The number of urea groups is 1. The zero-order chi connectivity index (χ0) is 24.5. The Balaban J connectivity index is 1.37. The van der Waals surface area contributed by atoms with Crippen LogP contribution in [0.5, 0.6) is 0 Å². The Bertz CT molecular complexity index is 1410. The van der Waals surface area contributed by atoms with E-state index in [4.69, 9.17) is 45.5 Å². The van der Waals surface area contributed by atoms with Gasteiger partial charge in [0, 0.05) is 47.5 Å². The van der Waals surface area contributed by atoms with E-state index in [2.05, 4.69) is 20.3 Å². The standard InChI is InChI=1S/C23H19Cl3N8O/c24-13-1-4-15(5-2-13)29-23(35)34-9-7-33(8-10-34)21-19-20(31-22(27)32-21)28-12-18(30-19)16-6-3-14(25)11-17(16)26/h1-6,11-12H,7-10H2,(H,29,35)(H2,27,28,31,32). The van der Waals surface area contributed by atoms with Gasteiger partial charge in [-0.3, -0.25) is 0 Å². The van der Waals surface area contributed by atoms with E-state index in [9.17, 15) is 4.79 Å². The van der Waals surface area contributed by atoms with Crippen molar-refractivity contribution in [1.82, 2.24) is 24.8 Å². The largest absolute Gasteiger partial charge is 0.368 e. The first-order valence-corrected chi connectivity index (χ1v) is 11.8. The number of nitrogens with one attached hydrogen (secondary N) is 1. The van der Waals surface area contributed by atoms with Crippen LogP contribution in [0.4, 0.5) is 22.2 Å².